The predicted molar refractivity (Wildman–Crippen MR) is 69.3 cm³/mol. The third-order valence-corrected chi connectivity index (χ3v) is 2.81. The zero-order valence-electron chi connectivity index (χ0n) is 11.8. The highest BCUT2D eigenvalue weighted by atomic mass is 16.6. The first kappa shape index (κ1) is 14.8. The molecule has 0 unspecified atom stereocenters. The Labute approximate surface area is 109 Å². The zero-order valence-corrected chi connectivity index (χ0v) is 11.8. The van der Waals surface area contributed by atoms with E-state index in [0.717, 1.165) is 19.3 Å². The summed E-state index contributed by atoms with van der Waals surface area (Å²) in [4.78, 5) is 25.0. The molecule has 0 aromatic rings. The summed E-state index contributed by atoms with van der Waals surface area (Å²) in [5.41, 5.74) is -0.527. The van der Waals surface area contributed by atoms with Crippen molar-refractivity contribution in [1.82, 2.24) is 10.2 Å². The summed E-state index contributed by atoms with van der Waals surface area (Å²) in [5.74, 6) is -0.117. The standard InChI is InChI=1S/C13H24N2O3/c1-5-6-7-10-8-14-11(16)9-15(10)12(17)18-13(2,3)4/h10H,5-9H2,1-4H3,(H,14,16)/t10-/m0/s1. The zero-order chi connectivity index (χ0) is 13.8. The van der Waals surface area contributed by atoms with E-state index in [2.05, 4.69) is 12.2 Å². The number of unbranched alkanes of at least 4 members (excludes halogenated alkanes) is 1. The molecule has 0 aromatic carbocycles. The summed E-state index contributed by atoms with van der Waals surface area (Å²) >= 11 is 0. The summed E-state index contributed by atoms with van der Waals surface area (Å²) < 4.78 is 5.34. The number of piperazine rings is 1. The van der Waals surface area contributed by atoms with E-state index in [4.69, 9.17) is 4.74 Å². The Morgan fingerprint density at radius 2 is 2.17 bits per heavy atom. The SMILES string of the molecule is CCCC[C@H]1CNC(=O)CN1C(=O)OC(C)(C)C. The molecule has 1 saturated heterocycles. The van der Waals surface area contributed by atoms with E-state index in [0.29, 0.717) is 6.54 Å². The van der Waals surface area contributed by atoms with Gasteiger partial charge in [-0.2, -0.15) is 0 Å². The summed E-state index contributed by atoms with van der Waals surface area (Å²) in [7, 11) is 0. The lowest BCUT2D eigenvalue weighted by molar-refractivity contribution is -0.125. The monoisotopic (exact) mass is 256 g/mol. The van der Waals surface area contributed by atoms with Crippen LogP contribution in [0, 0.1) is 0 Å². The summed E-state index contributed by atoms with van der Waals surface area (Å²) in [6, 6.07) is 0.0532. The minimum atomic E-state index is -0.527. The number of nitrogens with zero attached hydrogens (tertiary/aromatic N) is 1. The summed E-state index contributed by atoms with van der Waals surface area (Å²) in [6.07, 6.45) is 2.63. The molecule has 1 N–H and O–H groups in total. The molecule has 0 aromatic heterocycles. The van der Waals surface area contributed by atoms with Crippen molar-refractivity contribution in [3.8, 4) is 0 Å². The molecule has 1 aliphatic rings. The van der Waals surface area contributed by atoms with Gasteiger partial charge >= 0.3 is 6.09 Å². The van der Waals surface area contributed by atoms with Crippen LogP contribution in [0.5, 0.6) is 0 Å². The van der Waals surface area contributed by atoms with Gasteiger partial charge in [0.15, 0.2) is 0 Å². The highest BCUT2D eigenvalue weighted by molar-refractivity contribution is 5.83. The smallest absolute Gasteiger partial charge is 0.411 e. The van der Waals surface area contributed by atoms with E-state index in [1.165, 1.54) is 0 Å². The van der Waals surface area contributed by atoms with Crippen LogP contribution in [0.15, 0.2) is 0 Å². The van der Waals surface area contributed by atoms with Crippen molar-refractivity contribution in [3.05, 3.63) is 0 Å². The average Bonchev–Trinajstić information content (AvgIpc) is 2.25. The molecule has 1 fully saturated rings. The minimum Gasteiger partial charge on any atom is -0.444 e. The third-order valence-electron chi connectivity index (χ3n) is 2.81. The van der Waals surface area contributed by atoms with Crippen LogP contribution in [0.4, 0.5) is 4.79 Å². The maximum absolute atomic E-state index is 12.1. The Morgan fingerprint density at radius 1 is 1.50 bits per heavy atom. The Bertz CT molecular complexity index is 310. The molecular formula is C13H24N2O3. The van der Waals surface area contributed by atoms with Crippen LogP contribution >= 0.6 is 0 Å². The first-order valence-corrected chi connectivity index (χ1v) is 6.60. The number of rotatable bonds is 3. The number of hydrogen-bond donors (Lipinski definition) is 1. The van der Waals surface area contributed by atoms with Gasteiger partial charge < -0.3 is 10.1 Å². The molecule has 104 valence electrons. The van der Waals surface area contributed by atoms with Gasteiger partial charge in [-0.05, 0) is 27.2 Å². The molecule has 18 heavy (non-hydrogen) atoms. The van der Waals surface area contributed by atoms with Crippen LogP contribution < -0.4 is 5.32 Å². The second-order valence-corrected chi connectivity index (χ2v) is 5.71. The van der Waals surface area contributed by atoms with Crippen molar-refractivity contribution in [1.29, 1.82) is 0 Å². The molecule has 0 spiro atoms. The van der Waals surface area contributed by atoms with E-state index in [-0.39, 0.29) is 18.5 Å². The molecule has 1 rings (SSSR count). The van der Waals surface area contributed by atoms with Gasteiger partial charge in [0.1, 0.15) is 12.1 Å². The topological polar surface area (TPSA) is 58.6 Å². The molecule has 0 bridgehead atoms. The van der Waals surface area contributed by atoms with Gasteiger partial charge in [0.2, 0.25) is 5.91 Å². The molecule has 1 atom stereocenters. The molecule has 1 heterocycles. The van der Waals surface area contributed by atoms with Crippen molar-refractivity contribution < 1.29 is 14.3 Å². The number of carbonyl (C=O) groups excluding carboxylic acids is 2. The third kappa shape index (κ3) is 4.55. The van der Waals surface area contributed by atoms with Crippen LogP contribution in [0.1, 0.15) is 47.0 Å². The van der Waals surface area contributed by atoms with Crippen molar-refractivity contribution >= 4 is 12.0 Å². The van der Waals surface area contributed by atoms with Crippen LogP contribution in [0.2, 0.25) is 0 Å². The average molecular weight is 256 g/mol. The summed E-state index contributed by atoms with van der Waals surface area (Å²) in [5, 5.41) is 2.80. The molecule has 5 nitrogen and oxygen atoms in total. The van der Waals surface area contributed by atoms with Crippen molar-refractivity contribution in [2.75, 3.05) is 13.1 Å². The van der Waals surface area contributed by atoms with Gasteiger partial charge in [-0.1, -0.05) is 19.8 Å². The molecule has 0 aliphatic carbocycles. The Kier molecular flexibility index (Phi) is 4.99. The molecule has 1 aliphatic heterocycles. The highest BCUT2D eigenvalue weighted by Gasteiger charge is 2.32. The first-order chi connectivity index (χ1) is 8.33. The van der Waals surface area contributed by atoms with Gasteiger partial charge in [0.05, 0.1) is 6.04 Å². The van der Waals surface area contributed by atoms with Crippen molar-refractivity contribution in [2.45, 2.75) is 58.6 Å². The quantitative estimate of drug-likeness (QED) is 0.839. The van der Waals surface area contributed by atoms with E-state index >= 15 is 0 Å². The second-order valence-electron chi connectivity index (χ2n) is 5.71. The lowest BCUT2D eigenvalue weighted by atomic mass is 10.1. The van der Waals surface area contributed by atoms with Gasteiger partial charge in [-0.3, -0.25) is 9.69 Å². The van der Waals surface area contributed by atoms with Gasteiger partial charge in [-0.25, -0.2) is 4.79 Å². The second kappa shape index (κ2) is 6.07. The minimum absolute atomic E-state index is 0.0532. The number of amides is 2. The fourth-order valence-electron chi connectivity index (χ4n) is 1.91. The Hall–Kier alpha value is -1.26. The fraction of sp³-hybridized carbons (Fsp3) is 0.846. The Balaban J connectivity index is 2.66. The van der Waals surface area contributed by atoms with Crippen molar-refractivity contribution in [3.63, 3.8) is 0 Å². The number of ether oxygens (including phenoxy) is 1. The van der Waals surface area contributed by atoms with E-state index < -0.39 is 11.7 Å². The lowest BCUT2D eigenvalue weighted by Crippen LogP contribution is -2.57. The van der Waals surface area contributed by atoms with Crippen LogP contribution in [-0.2, 0) is 9.53 Å². The maximum Gasteiger partial charge on any atom is 0.411 e. The lowest BCUT2D eigenvalue weighted by Gasteiger charge is -2.36. The fourth-order valence-corrected chi connectivity index (χ4v) is 1.91. The number of nitrogens with one attached hydrogen (secondary N) is 1. The molecule has 0 radical (unpaired) electrons. The largest absolute Gasteiger partial charge is 0.444 e. The van der Waals surface area contributed by atoms with Crippen LogP contribution in [-0.4, -0.2) is 41.6 Å². The summed E-state index contributed by atoms with van der Waals surface area (Å²) in [6.45, 7) is 8.22. The first-order valence-electron chi connectivity index (χ1n) is 6.60. The number of hydrogen-bond acceptors (Lipinski definition) is 3. The molecule has 5 heteroatoms. The van der Waals surface area contributed by atoms with Gasteiger partial charge in [-0.15, -0.1) is 0 Å². The highest BCUT2D eigenvalue weighted by Crippen LogP contribution is 2.16. The van der Waals surface area contributed by atoms with E-state index in [9.17, 15) is 9.59 Å². The normalized spacial score (nSPS) is 20.6. The van der Waals surface area contributed by atoms with E-state index in [1.807, 2.05) is 20.8 Å². The maximum atomic E-state index is 12.1. The molecule has 2 amide bonds. The number of carbonyl (C=O) groups is 2. The Morgan fingerprint density at radius 3 is 2.72 bits per heavy atom. The van der Waals surface area contributed by atoms with Crippen molar-refractivity contribution in [2.24, 2.45) is 0 Å². The van der Waals surface area contributed by atoms with Gasteiger partial charge in [0.25, 0.3) is 0 Å². The van der Waals surface area contributed by atoms with Crippen LogP contribution in [0.25, 0.3) is 0 Å². The van der Waals surface area contributed by atoms with E-state index in [1.54, 1.807) is 4.90 Å². The molecule has 0 saturated carbocycles. The van der Waals surface area contributed by atoms with Crippen LogP contribution in [0.3, 0.4) is 0 Å². The molecular weight excluding hydrogens is 232 g/mol. The predicted octanol–water partition coefficient (Wildman–Crippen LogP) is 1.91. The van der Waals surface area contributed by atoms with Gasteiger partial charge in [0, 0.05) is 6.54 Å².